The van der Waals surface area contributed by atoms with E-state index in [-0.39, 0.29) is 18.0 Å². The minimum absolute atomic E-state index is 0.00253. The average molecular weight is 429 g/mol. The summed E-state index contributed by atoms with van der Waals surface area (Å²) in [5.74, 6) is -11.9. The Hall–Kier alpha value is -2.26. The van der Waals surface area contributed by atoms with Crippen LogP contribution >= 0.6 is 23.2 Å². The normalized spacial score (nSPS) is 10.6. The minimum Gasteiger partial charge on any atom is -0.487 e. The summed E-state index contributed by atoms with van der Waals surface area (Å²) in [4.78, 5) is 11.7. The largest absolute Gasteiger partial charge is 0.487 e. The van der Waals surface area contributed by atoms with Crippen molar-refractivity contribution in [3.8, 4) is 5.75 Å². The van der Waals surface area contributed by atoms with Crippen molar-refractivity contribution in [3.63, 3.8) is 0 Å². The molecule has 0 aliphatic heterocycles. The lowest BCUT2D eigenvalue weighted by molar-refractivity contribution is 0.245. The average Bonchev–Trinajstić information content (AvgIpc) is 2.63. The SMILES string of the molecule is O=C(NCCCOc1c(F)c(F)c(F)c(F)c1F)Nc1ccc(Cl)c(Cl)c1. The fourth-order valence-electron chi connectivity index (χ4n) is 1.91. The van der Waals surface area contributed by atoms with Crippen molar-refractivity contribution in [2.45, 2.75) is 6.42 Å². The smallest absolute Gasteiger partial charge is 0.319 e. The van der Waals surface area contributed by atoms with Gasteiger partial charge in [-0.15, -0.1) is 0 Å². The number of nitrogens with one attached hydrogen (secondary N) is 2. The summed E-state index contributed by atoms with van der Waals surface area (Å²) >= 11 is 11.5. The van der Waals surface area contributed by atoms with Crippen LogP contribution in [0.5, 0.6) is 5.75 Å². The zero-order valence-electron chi connectivity index (χ0n) is 13.3. The second-order valence-corrected chi connectivity index (χ2v) is 5.93. The van der Waals surface area contributed by atoms with Gasteiger partial charge in [0.1, 0.15) is 0 Å². The van der Waals surface area contributed by atoms with Crippen LogP contribution in [0.25, 0.3) is 0 Å². The lowest BCUT2D eigenvalue weighted by atomic mass is 10.2. The molecule has 2 rings (SSSR count). The molecule has 11 heteroatoms. The van der Waals surface area contributed by atoms with E-state index in [9.17, 15) is 26.7 Å². The van der Waals surface area contributed by atoms with Crippen molar-refractivity contribution >= 4 is 34.9 Å². The van der Waals surface area contributed by atoms with Gasteiger partial charge in [-0.25, -0.2) is 18.0 Å². The number of ether oxygens (including phenoxy) is 1. The third kappa shape index (κ3) is 5.14. The molecular formula is C16H11Cl2F5N2O2. The number of hydrogen-bond acceptors (Lipinski definition) is 2. The summed E-state index contributed by atoms with van der Waals surface area (Å²) in [6.45, 7) is -0.395. The molecule has 4 nitrogen and oxygen atoms in total. The lowest BCUT2D eigenvalue weighted by Crippen LogP contribution is -2.30. The Kier molecular flexibility index (Phi) is 7.09. The Balaban J connectivity index is 1.81. The second kappa shape index (κ2) is 9.09. The van der Waals surface area contributed by atoms with Crippen molar-refractivity contribution in [1.82, 2.24) is 5.32 Å². The Bertz CT molecular complexity index is 838. The highest BCUT2D eigenvalue weighted by molar-refractivity contribution is 6.42. The first-order valence-electron chi connectivity index (χ1n) is 7.36. The molecule has 0 spiro atoms. The first kappa shape index (κ1) is 21.0. The molecule has 0 radical (unpaired) electrons. The number of anilines is 1. The number of carbonyl (C=O) groups is 1. The van der Waals surface area contributed by atoms with E-state index in [2.05, 4.69) is 15.4 Å². The highest BCUT2D eigenvalue weighted by Gasteiger charge is 2.26. The monoisotopic (exact) mass is 428 g/mol. The van der Waals surface area contributed by atoms with E-state index >= 15 is 0 Å². The maximum Gasteiger partial charge on any atom is 0.319 e. The van der Waals surface area contributed by atoms with E-state index in [0.29, 0.717) is 10.7 Å². The second-order valence-electron chi connectivity index (χ2n) is 5.11. The Labute approximate surface area is 160 Å². The summed E-state index contributed by atoms with van der Waals surface area (Å²) in [6.07, 6.45) is 0.0360. The molecule has 2 N–H and O–H groups in total. The van der Waals surface area contributed by atoms with E-state index in [4.69, 9.17) is 23.2 Å². The third-order valence-electron chi connectivity index (χ3n) is 3.20. The quantitative estimate of drug-likeness (QED) is 0.284. The van der Waals surface area contributed by atoms with Gasteiger partial charge in [-0.3, -0.25) is 0 Å². The lowest BCUT2D eigenvalue weighted by Gasteiger charge is -2.11. The summed E-state index contributed by atoms with van der Waals surface area (Å²) < 4.78 is 70.4. The molecule has 2 amide bonds. The van der Waals surface area contributed by atoms with Crippen LogP contribution in [-0.4, -0.2) is 19.2 Å². The van der Waals surface area contributed by atoms with E-state index in [1.807, 2.05) is 0 Å². The van der Waals surface area contributed by atoms with Crippen LogP contribution in [0.2, 0.25) is 10.0 Å². The molecule has 2 aromatic carbocycles. The van der Waals surface area contributed by atoms with Gasteiger partial charge < -0.3 is 15.4 Å². The molecule has 27 heavy (non-hydrogen) atoms. The molecule has 0 aromatic heterocycles. The minimum atomic E-state index is -2.27. The predicted molar refractivity (Wildman–Crippen MR) is 89.8 cm³/mol. The van der Waals surface area contributed by atoms with Gasteiger partial charge in [0.15, 0.2) is 5.75 Å². The summed E-state index contributed by atoms with van der Waals surface area (Å²) in [6, 6.07) is 3.82. The van der Waals surface area contributed by atoms with Crippen LogP contribution in [-0.2, 0) is 0 Å². The number of amides is 2. The number of hydrogen-bond donors (Lipinski definition) is 2. The predicted octanol–water partition coefficient (Wildman–Crippen LogP) is 5.28. The van der Waals surface area contributed by atoms with Crippen LogP contribution < -0.4 is 15.4 Å². The molecule has 0 fully saturated rings. The molecule has 0 aliphatic rings. The van der Waals surface area contributed by atoms with Gasteiger partial charge in [-0.05, 0) is 24.6 Å². The zero-order chi connectivity index (χ0) is 20.1. The number of benzene rings is 2. The van der Waals surface area contributed by atoms with Gasteiger partial charge >= 0.3 is 6.03 Å². The zero-order valence-corrected chi connectivity index (χ0v) is 14.8. The standard InChI is InChI=1S/C16H11Cl2F5N2O2/c17-8-3-2-7(6-9(8)18)25-16(26)24-4-1-5-27-15-13(22)11(20)10(19)12(21)14(15)23/h2-3,6H,1,4-5H2,(H2,24,25,26). The number of rotatable bonds is 6. The van der Waals surface area contributed by atoms with Crippen molar-refractivity contribution in [2.24, 2.45) is 0 Å². The van der Waals surface area contributed by atoms with Crippen LogP contribution in [0.4, 0.5) is 32.4 Å². The number of halogens is 7. The van der Waals surface area contributed by atoms with Crippen LogP contribution in [0.1, 0.15) is 6.42 Å². The first-order valence-corrected chi connectivity index (χ1v) is 8.12. The van der Waals surface area contributed by atoms with Gasteiger partial charge in [-0.1, -0.05) is 23.2 Å². The van der Waals surface area contributed by atoms with Crippen molar-refractivity contribution in [3.05, 3.63) is 57.3 Å². The van der Waals surface area contributed by atoms with E-state index in [1.165, 1.54) is 18.2 Å². The van der Waals surface area contributed by atoms with Crippen LogP contribution in [0, 0.1) is 29.1 Å². The van der Waals surface area contributed by atoms with E-state index < -0.39 is 47.5 Å². The third-order valence-corrected chi connectivity index (χ3v) is 3.94. The van der Waals surface area contributed by atoms with Crippen molar-refractivity contribution in [2.75, 3.05) is 18.5 Å². The molecule has 0 bridgehead atoms. The van der Waals surface area contributed by atoms with Gasteiger partial charge in [0.25, 0.3) is 0 Å². The Morgan fingerprint density at radius 2 is 1.52 bits per heavy atom. The molecule has 0 saturated carbocycles. The summed E-state index contributed by atoms with van der Waals surface area (Å²) in [5.41, 5.74) is 0.375. The molecule has 146 valence electrons. The Morgan fingerprint density at radius 3 is 2.11 bits per heavy atom. The maximum absolute atomic E-state index is 13.4. The fraction of sp³-hybridized carbons (Fsp3) is 0.188. The number of carbonyl (C=O) groups excluding carboxylic acids is 1. The molecule has 0 saturated heterocycles. The van der Waals surface area contributed by atoms with E-state index in [1.54, 1.807) is 0 Å². The highest BCUT2D eigenvalue weighted by Crippen LogP contribution is 2.29. The first-order chi connectivity index (χ1) is 12.7. The molecule has 0 aliphatic carbocycles. The van der Waals surface area contributed by atoms with E-state index in [0.717, 1.165) is 0 Å². The highest BCUT2D eigenvalue weighted by atomic mass is 35.5. The fourth-order valence-corrected chi connectivity index (χ4v) is 2.21. The Morgan fingerprint density at radius 1 is 0.926 bits per heavy atom. The maximum atomic E-state index is 13.4. The number of urea groups is 1. The van der Waals surface area contributed by atoms with Crippen LogP contribution in [0.15, 0.2) is 18.2 Å². The van der Waals surface area contributed by atoms with Crippen LogP contribution in [0.3, 0.4) is 0 Å². The molecular weight excluding hydrogens is 418 g/mol. The van der Waals surface area contributed by atoms with Gasteiger partial charge in [0.05, 0.1) is 16.7 Å². The van der Waals surface area contributed by atoms with Gasteiger partial charge in [0, 0.05) is 12.2 Å². The molecule has 0 heterocycles. The van der Waals surface area contributed by atoms with Crippen molar-refractivity contribution < 1.29 is 31.5 Å². The van der Waals surface area contributed by atoms with Crippen molar-refractivity contribution in [1.29, 1.82) is 0 Å². The van der Waals surface area contributed by atoms with Gasteiger partial charge in [-0.2, -0.15) is 8.78 Å². The topological polar surface area (TPSA) is 50.4 Å². The molecule has 2 aromatic rings. The molecule has 0 atom stereocenters. The van der Waals surface area contributed by atoms with Gasteiger partial charge in [0.2, 0.25) is 29.1 Å². The summed E-state index contributed by atoms with van der Waals surface area (Å²) in [5, 5.41) is 5.43. The molecule has 0 unspecified atom stereocenters. The summed E-state index contributed by atoms with van der Waals surface area (Å²) in [7, 11) is 0.